The summed E-state index contributed by atoms with van der Waals surface area (Å²) in [7, 11) is 0. The molecule has 0 aliphatic rings. The molecule has 0 radical (unpaired) electrons. The zero-order valence-corrected chi connectivity index (χ0v) is 14.0. The van der Waals surface area contributed by atoms with E-state index in [0.717, 1.165) is 40.5 Å². The number of benzene rings is 2. The number of thiazole rings is 1. The van der Waals surface area contributed by atoms with E-state index in [4.69, 9.17) is 15.5 Å². The first-order chi connectivity index (χ1) is 11.2. The van der Waals surface area contributed by atoms with Gasteiger partial charge in [-0.3, -0.25) is 0 Å². The molecule has 3 aromatic rings. The summed E-state index contributed by atoms with van der Waals surface area (Å²) < 4.78 is 5.83. The van der Waals surface area contributed by atoms with Crippen LogP contribution in [0.5, 0.6) is 5.75 Å². The topological polar surface area (TPSA) is 48.1 Å². The Balaban J connectivity index is 1.52. The van der Waals surface area contributed by atoms with E-state index < -0.39 is 0 Å². The average Bonchev–Trinajstić information content (AvgIpc) is 3.03. The van der Waals surface area contributed by atoms with Crippen molar-refractivity contribution in [2.45, 2.75) is 19.8 Å². The van der Waals surface area contributed by atoms with Gasteiger partial charge in [0.15, 0.2) is 0 Å². The zero-order valence-electron chi connectivity index (χ0n) is 13.2. The lowest BCUT2D eigenvalue weighted by molar-refractivity contribution is 0.309. The molecule has 3 rings (SSSR count). The molecule has 0 amide bonds. The van der Waals surface area contributed by atoms with Gasteiger partial charge in [0.05, 0.1) is 17.3 Å². The molecular formula is C19H20N2OS. The molecule has 0 bridgehead atoms. The highest BCUT2D eigenvalue weighted by atomic mass is 32.1. The number of aryl methyl sites for hydroxylation is 2. The lowest BCUT2D eigenvalue weighted by Crippen LogP contribution is -2.00. The second-order valence-corrected chi connectivity index (χ2v) is 6.41. The van der Waals surface area contributed by atoms with Crippen LogP contribution in [0, 0.1) is 6.92 Å². The maximum absolute atomic E-state index is 5.83. The summed E-state index contributed by atoms with van der Waals surface area (Å²) >= 11 is 1.70. The molecule has 0 saturated carbocycles. The normalized spacial score (nSPS) is 10.7. The number of rotatable bonds is 6. The monoisotopic (exact) mass is 324 g/mol. The van der Waals surface area contributed by atoms with Gasteiger partial charge in [-0.15, -0.1) is 11.3 Å². The number of para-hydroxylation sites is 1. The lowest BCUT2D eigenvalue weighted by Gasteiger charge is -2.07. The van der Waals surface area contributed by atoms with Gasteiger partial charge in [-0.1, -0.05) is 30.3 Å². The van der Waals surface area contributed by atoms with Crippen LogP contribution in [0.25, 0.3) is 11.3 Å². The van der Waals surface area contributed by atoms with Crippen LogP contribution in [-0.2, 0) is 6.42 Å². The van der Waals surface area contributed by atoms with Crippen LogP contribution >= 0.6 is 11.3 Å². The van der Waals surface area contributed by atoms with Crippen molar-refractivity contribution in [3.05, 3.63) is 64.5 Å². The average molecular weight is 324 g/mol. The molecule has 0 saturated heterocycles. The minimum Gasteiger partial charge on any atom is -0.493 e. The number of hydrogen-bond acceptors (Lipinski definition) is 4. The smallest absolute Gasteiger partial charge is 0.122 e. The van der Waals surface area contributed by atoms with Crippen LogP contribution in [0.1, 0.15) is 17.0 Å². The largest absolute Gasteiger partial charge is 0.493 e. The van der Waals surface area contributed by atoms with Crippen LogP contribution in [0.2, 0.25) is 0 Å². The summed E-state index contributed by atoms with van der Waals surface area (Å²) in [5.41, 5.74) is 9.79. The van der Waals surface area contributed by atoms with Gasteiger partial charge in [-0.2, -0.15) is 0 Å². The van der Waals surface area contributed by atoms with Gasteiger partial charge in [0.2, 0.25) is 0 Å². The van der Waals surface area contributed by atoms with Crippen LogP contribution in [0.3, 0.4) is 0 Å². The highest BCUT2D eigenvalue weighted by molar-refractivity contribution is 7.09. The number of hydrogen-bond donors (Lipinski definition) is 1. The summed E-state index contributed by atoms with van der Waals surface area (Å²) in [6.07, 6.45) is 1.90. The summed E-state index contributed by atoms with van der Waals surface area (Å²) in [5, 5.41) is 3.24. The van der Waals surface area contributed by atoms with Crippen molar-refractivity contribution >= 4 is 17.0 Å². The van der Waals surface area contributed by atoms with Gasteiger partial charge in [0.25, 0.3) is 0 Å². The summed E-state index contributed by atoms with van der Waals surface area (Å²) in [6.45, 7) is 2.77. The quantitative estimate of drug-likeness (QED) is 0.527. The SMILES string of the molecule is Cc1ccccc1OCCCc1nc(-c2ccc(N)cc2)cs1. The molecule has 1 aromatic heterocycles. The molecule has 0 atom stereocenters. The molecule has 4 heteroatoms. The second-order valence-electron chi connectivity index (χ2n) is 5.47. The fourth-order valence-corrected chi connectivity index (χ4v) is 3.19. The van der Waals surface area contributed by atoms with Crippen molar-refractivity contribution in [2.75, 3.05) is 12.3 Å². The van der Waals surface area contributed by atoms with E-state index in [2.05, 4.69) is 18.4 Å². The van der Waals surface area contributed by atoms with Gasteiger partial charge in [0.1, 0.15) is 5.75 Å². The van der Waals surface area contributed by atoms with Crippen LogP contribution in [-0.4, -0.2) is 11.6 Å². The molecule has 0 unspecified atom stereocenters. The van der Waals surface area contributed by atoms with E-state index >= 15 is 0 Å². The van der Waals surface area contributed by atoms with Crippen LogP contribution in [0.4, 0.5) is 5.69 Å². The Morgan fingerprint density at radius 2 is 1.87 bits per heavy atom. The molecule has 118 valence electrons. The van der Waals surface area contributed by atoms with E-state index in [0.29, 0.717) is 6.61 Å². The highest BCUT2D eigenvalue weighted by Gasteiger charge is 2.05. The van der Waals surface area contributed by atoms with E-state index in [1.165, 1.54) is 5.56 Å². The second kappa shape index (κ2) is 7.29. The molecule has 2 aromatic carbocycles. The summed E-state index contributed by atoms with van der Waals surface area (Å²) in [5.74, 6) is 0.967. The number of anilines is 1. The maximum Gasteiger partial charge on any atom is 0.122 e. The number of nitrogens with zero attached hydrogens (tertiary/aromatic N) is 1. The zero-order chi connectivity index (χ0) is 16.1. The Bertz CT molecular complexity index is 765. The molecule has 0 aliphatic heterocycles. The van der Waals surface area contributed by atoms with Crippen LogP contribution in [0.15, 0.2) is 53.9 Å². The third kappa shape index (κ3) is 4.11. The molecule has 0 aliphatic carbocycles. The summed E-state index contributed by atoms with van der Waals surface area (Å²) in [6, 6.07) is 15.9. The number of nitrogen functional groups attached to an aromatic ring is 1. The van der Waals surface area contributed by atoms with Crippen molar-refractivity contribution < 1.29 is 4.74 Å². The first-order valence-corrected chi connectivity index (χ1v) is 8.59. The van der Waals surface area contributed by atoms with Gasteiger partial charge in [-0.25, -0.2) is 4.98 Å². The molecule has 0 fully saturated rings. The van der Waals surface area contributed by atoms with Crippen molar-refractivity contribution in [3.63, 3.8) is 0 Å². The van der Waals surface area contributed by atoms with E-state index in [-0.39, 0.29) is 0 Å². The Morgan fingerprint density at radius 3 is 2.65 bits per heavy atom. The van der Waals surface area contributed by atoms with E-state index in [1.54, 1.807) is 11.3 Å². The van der Waals surface area contributed by atoms with E-state index in [9.17, 15) is 0 Å². The van der Waals surface area contributed by atoms with Gasteiger partial charge >= 0.3 is 0 Å². The molecular weight excluding hydrogens is 304 g/mol. The fourth-order valence-electron chi connectivity index (χ4n) is 2.34. The Kier molecular flexibility index (Phi) is 4.93. The number of aromatic nitrogens is 1. The number of ether oxygens (including phenoxy) is 1. The maximum atomic E-state index is 5.83. The minimum absolute atomic E-state index is 0.710. The molecule has 23 heavy (non-hydrogen) atoms. The van der Waals surface area contributed by atoms with Gasteiger partial charge in [-0.05, 0) is 37.1 Å². The highest BCUT2D eigenvalue weighted by Crippen LogP contribution is 2.23. The fraction of sp³-hybridized carbons (Fsp3) is 0.211. The Hall–Kier alpha value is -2.33. The first kappa shape index (κ1) is 15.6. The third-order valence-electron chi connectivity index (χ3n) is 3.64. The van der Waals surface area contributed by atoms with Crippen molar-refractivity contribution in [1.82, 2.24) is 4.98 Å². The van der Waals surface area contributed by atoms with Gasteiger partial charge < -0.3 is 10.5 Å². The first-order valence-electron chi connectivity index (χ1n) is 7.71. The van der Waals surface area contributed by atoms with Crippen LogP contribution < -0.4 is 10.5 Å². The van der Waals surface area contributed by atoms with Crippen molar-refractivity contribution in [2.24, 2.45) is 0 Å². The van der Waals surface area contributed by atoms with Crippen molar-refractivity contribution in [1.29, 1.82) is 0 Å². The standard InChI is InChI=1S/C19H20N2OS/c1-14-5-2-3-6-18(14)22-12-4-7-19-21-17(13-23-19)15-8-10-16(20)11-9-15/h2-3,5-6,8-11,13H,4,7,12,20H2,1H3. The number of nitrogens with two attached hydrogens (primary N) is 1. The lowest BCUT2D eigenvalue weighted by atomic mass is 10.1. The predicted octanol–water partition coefficient (Wildman–Crippen LogP) is 4.71. The Labute approximate surface area is 140 Å². The van der Waals surface area contributed by atoms with E-state index in [1.807, 2.05) is 42.5 Å². The Morgan fingerprint density at radius 1 is 1.09 bits per heavy atom. The van der Waals surface area contributed by atoms with Crippen molar-refractivity contribution in [3.8, 4) is 17.0 Å². The predicted molar refractivity (Wildman–Crippen MR) is 97.0 cm³/mol. The molecule has 0 spiro atoms. The summed E-state index contributed by atoms with van der Waals surface area (Å²) in [4.78, 5) is 4.69. The molecule has 2 N–H and O–H groups in total. The third-order valence-corrected chi connectivity index (χ3v) is 4.55. The minimum atomic E-state index is 0.710. The molecule has 1 heterocycles. The van der Waals surface area contributed by atoms with Gasteiger partial charge in [0, 0.05) is 23.1 Å². The molecule has 3 nitrogen and oxygen atoms in total.